The molecular weight excluding hydrogens is 289 g/mol. The number of allylic oxidation sites excluding steroid dienone is 2. The molecule has 0 heterocycles. The molecule has 6 heteroatoms. The van der Waals surface area contributed by atoms with Crippen LogP contribution in [0.3, 0.4) is 0 Å². The second-order valence-corrected chi connectivity index (χ2v) is 7.60. The molecule has 2 nitrogen and oxygen atoms in total. The molecule has 0 spiro atoms. The molecule has 3 atom stereocenters. The van der Waals surface area contributed by atoms with Crippen LogP contribution in [-0.2, 0) is 9.84 Å². The van der Waals surface area contributed by atoms with Crippen LogP contribution in [0.1, 0.15) is 12.8 Å². The maximum Gasteiger partial charge on any atom is 0.409 e. The molecule has 0 unspecified atom stereocenters. The number of sulfone groups is 1. The Bertz CT molecular complexity index is 649. The third-order valence-corrected chi connectivity index (χ3v) is 6.90. The Morgan fingerprint density at radius 2 is 1.75 bits per heavy atom. The van der Waals surface area contributed by atoms with Gasteiger partial charge in [0.1, 0.15) is 0 Å². The van der Waals surface area contributed by atoms with E-state index in [0.29, 0.717) is 0 Å². The molecule has 1 fully saturated rings. The summed E-state index contributed by atoms with van der Waals surface area (Å²) >= 11 is 0. The summed E-state index contributed by atoms with van der Waals surface area (Å²) in [6.07, 6.45) is -1.75. The lowest BCUT2D eigenvalue weighted by Crippen LogP contribution is -2.54. The number of benzene rings is 1. The van der Waals surface area contributed by atoms with Gasteiger partial charge in [0.15, 0.2) is 14.6 Å². The third kappa shape index (κ3) is 1.60. The van der Waals surface area contributed by atoms with Crippen molar-refractivity contribution in [1.82, 2.24) is 0 Å². The molecule has 0 saturated heterocycles. The Labute approximate surface area is 115 Å². The summed E-state index contributed by atoms with van der Waals surface area (Å²) < 4.78 is 63.5. The molecule has 108 valence electrons. The van der Waals surface area contributed by atoms with Crippen molar-refractivity contribution in [3.8, 4) is 0 Å². The van der Waals surface area contributed by atoms with E-state index in [1.165, 1.54) is 30.3 Å². The predicted octanol–water partition coefficient (Wildman–Crippen LogP) is 3.36. The van der Waals surface area contributed by atoms with E-state index in [0.717, 1.165) is 0 Å². The lowest BCUT2D eigenvalue weighted by Gasteiger charge is -2.36. The molecule has 0 aromatic heterocycles. The number of hydrogen-bond donors (Lipinski definition) is 0. The fourth-order valence-corrected chi connectivity index (χ4v) is 5.66. The van der Waals surface area contributed by atoms with Crippen molar-refractivity contribution in [3.05, 3.63) is 42.5 Å². The maximum absolute atomic E-state index is 13.6. The van der Waals surface area contributed by atoms with Gasteiger partial charge in [0.2, 0.25) is 0 Å². The number of fused-ring (bicyclic) bond motifs is 2. The minimum Gasteiger partial charge on any atom is -0.223 e. The highest BCUT2D eigenvalue weighted by molar-refractivity contribution is 7.93. The lowest BCUT2D eigenvalue weighted by atomic mass is 9.92. The summed E-state index contributed by atoms with van der Waals surface area (Å²) in [5.74, 6) is -1.27. The van der Waals surface area contributed by atoms with Gasteiger partial charge in [-0.2, -0.15) is 13.2 Å². The van der Waals surface area contributed by atoms with E-state index in [-0.39, 0.29) is 23.7 Å². The minimum atomic E-state index is -4.77. The van der Waals surface area contributed by atoms with Gasteiger partial charge in [-0.15, -0.1) is 0 Å². The predicted molar refractivity (Wildman–Crippen MR) is 67.8 cm³/mol. The monoisotopic (exact) mass is 302 g/mol. The van der Waals surface area contributed by atoms with Crippen molar-refractivity contribution >= 4 is 9.84 Å². The van der Waals surface area contributed by atoms with Gasteiger partial charge in [0, 0.05) is 5.92 Å². The lowest BCUT2D eigenvalue weighted by molar-refractivity contribution is -0.167. The molecule has 1 saturated carbocycles. The maximum atomic E-state index is 13.6. The van der Waals surface area contributed by atoms with Gasteiger partial charge in [0.05, 0.1) is 4.90 Å². The second-order valence-electron chi connectivity index (χ2n) is 5.40. The van der Waals surface area contributed by atoms with Crippen LogP contribution in [0.4, 0.5) is 13.2 Å². The Kier molecular flexibility index (Phi) is 2.80. The van der Waals surface area contributed by atoms with Crippen LogP contribution in [0.15, 0.2) is 47.4 Å². The topological polar surface area (TPSA) is 34.1 Å². The van der Waals surface area contributed by atoms with Crippen molar-refractivity contribution in [1.29, 1.82) is 0 Å². The molecule has 2 bridgehead atoms. The normalized spacial score (nSPS) is 32.8. The second kappa shape index (κ2) is 4.10. The molecule has 20 heavy (non-hydrogen) atoms. The van der Waals surface area contributed by atoms with E-state index in [1.807, 2.05) is 0 Å². The van der Waals surface area contributed by atoms with Gasteiger partial charge in [-0.05, 0) is 30.9 Å². The highest BCUT2D eigenvalue weighted by Gasteiger charge is 2.71. The first-order chi connectivity index (χ1) is 9.29. The Morgan fingerprint density at radius 3 is 2.20 bits per heavy atom. The first-order valence-corrected chi connectivity index (χ1v) is 7.82. The molecule has 0 N–H and O–H groups in total. The summed E-state index contributed by atoms with van der Waals surface area (Å²) in [7, 11) is -4.47. The van der Waals surface area contributed by atoms with Crippen molar-refractivity contribution in [3.63, 3.8) is 0 Å². The van der Waals surface area contributed by atoms with Crippen LogP contribution < -0.4 is 0 Å². The van der Waals surface area contributed by atoms with Crippen molar-refractivity contribution in [2.24, 2.45) is 11.8 Å². The summed E-state index contributed by atoms with van der Waals surface area (Å²) in [5.41, 5.74) is 0. The fourth-order valence-electron chi connectivity index (χ4n) is 3.41. The molecule has 1 aromatic rings. The van der Waals surface area contributed by atoms with Gasteiger partial charge in [-0.3, -0.25) is 0 Å². The Balaban J connectivity index is 2.20. The third-order valence-electron chi connectivity index (χ3n) is 4.35. The fraction of sp³-hybridized carbons (Fsp3) is 0.429. The zero-order chi connectivity index (χ0) is 14.6. The number of halogens is 3. The largest absolute Gasteiger partial charge is 0.409 e. The summed E-state index contributed by atoms with van der Waals surface area (Å²) in [4.78, 5) is -0.252. The van der Waals surface area contributed by atoms with Crippen LogP contribution in [0.25, 0.3) is 0 Å². The van der Waals surface area contributed by atoms with Crippen LogP contribution >= 0.6 is 0 Å². The quantitative estimate of drug-likeness (QED) is 0.785. The summed E-state index contributed by atoms with van der Waals surface area (Å²) in [6, 6.07) is 6.94. The van der Waals surface area contributed by atoms with Crippen LogP contribution in [-0.4, -0.2) is 19.3 Å². The minimum absolute atomic E-state index is 0.252. The van der Waals surface area contributed by atoms with E-state index < -0.39 is 26.7 Å². The van der Waals surface area contributed by atoms with E-state index in [1.54, 1.807) is 12.1 Å². The first-order valence-electron chi connectivity index (χ1n) is 6.34. The standard InChI is InChI=1S/C14H13F3O2S/c15-14(16,17)13(9-10-6-7-11(13)8-10)20(18,19)12-4-2-1-3-5-12/h1-7,10-11H,8-9H2/t10-,11+,13+/m0/s1. The molecule has 2 aliphatic rings. The smallest absolute Gasteiger partial charge is 0.223 e. The van der Waals surface area contributed by atoms with Crippen molar-refractivity contribution in [2.75, 3.05) is 0 Å². The van der Waals surface area contributed by atoms with Gasteiger partial charge in [-0.1, -0.05) is 30.4 Å². The first kappa shape index (κ1) is 13.7. The van der Waals surface area contributed by atoms with Crippen LogP contribution in [0.2, 0.25) is 0 Å². The van der Waals surface area contributed by atoms with E-state index in [2.05, 4.69) is 0 Å². The van der Waals surface area contributed by atoms with Gasteiger partial charge in [0.25, 0.3) is 0 Å². The van der Waals surface area contributed by atoms with E-state index >= 15 is 0 Å². The average molecular weight is 302 g/mol. The number of alkyl halides is 3. The average Bonchev–Trinajstić information content (AvgIpc) is 2.99. The van der Waals surface area contributed by atoms with Crippen molar-refractivity contribution < 1.29 is 21.6 Å². The van der Waals surface area contributed by atoms with Crippen molar-refractivity contribution in [2.45, 2.75) is 28.7 Å². The highest BCUT2D eigenvalue weighted by Crippen LogP contribution is 2.59. The molecule has 0 aliphatic heterocycles. The van der Waals surface area contributed by atoms with Gasteiger partial charge in [-0.25, -0.2) is 8.42 Å². The van der Waals surface area contributed by atoms with Crippen LogP contribution in [0, 0.1) is 11.8 Å². The molecule has 2 aliphatic carbocycles. The number of hydrogen-bond acceptors (Lipinski definition) is 2. The summed E-state index contributed by atoms with van der Waals surface area (Å²) in [6.45, 7) is 0. The molecule has 0 radical (unpaired) electrons. The zero-order valence-corrected chi connectivity index (χ0v) is 11.3. The summed E-state index contributed by atoms with van der Waals surface area (Å²) in [5, 5.41) is 0. The number of rotatable bonds is 2. The highest BCUT2D eigenvalue weighted by atomic mass is 32.2. The van der Waals surface area contributed by atoms with Gasteiger partial charge < -0.3 is 0 Å². The molecule has 1 aromatic carbocycles. The van der Waals surface area contributed by atoms with E-state index in [4.69, 9.17) is 0 Å². The Hall–Kier alpha value is -1.30. The molecular formula is C14H13F3O2S. The van der Waals surface area contributed by atoms with E-state index in [9.17, 15) is 21.6 Å². The van der Waals surface area contributed by atoms with Gasteiger partial charge >= 0.3 is 6.18 Å². The molecule has 0 amide bonds. The molecule has 3 rings (SSSR count). The SMILES string of the molecule is O=S(=O)(c1ccccc1)[C@]1(C(F)(F)F)C[C@H]2C=C[C@@H]1C2. The zero-order valence-electron chi connectivity index (χ0n) is 10.5. The van der Waals surface area contributed by atoms with Crippen LogP contribution in [0.5, 0.6) is 0 Å². The Morgan fingerprint density at radius 1 is 1.10 bits per heavy atom.